The van der Waals surface area contributed by atoms with Crippen molar-refractivity contribution in [2.24, 2.45) is 5.92 Å². The minimum atomic E-state index is 0.504. The Kier molecular flexibility index (Phi) is 5.50. The lowest BCUT2D eigenvalue weighted by molar-refractivity contribution is 0.339. The summed E-state index contributed by atoms with van der Waals surface area (Å²) in [5.74, 6) is 3.34. The lowest BCUT2D eigenvalue weighted by atomic mass is 10.1. The smallest absolute Gasteiger partial charge is 0.226 e. The van der Waals surface area contributed by atoms with E-state index in [0.717, 1.165) is 22.8 Å². The largest absolute Gasteiger partial charge is 0.494 e. The van der Waals surface area contributed by atoms with Gasteiger partial charge in [-0.2, -0.15) is 4.98 Å². The Morgan fingerprint density at radius 2 is 2.19 bits per heavy atom. The molecular weight excluding hydrogens is 286 g/mol. The molecular formula is C15H21N3O2S. The van der Waals surface area contributed by atoms with Crippen LogP contribution in [0.25, 0.3) is 0 Å². The number of hydrogen-bond acceptors (Lipinski definition) is 6. The monoisotopic (exact) mass is 307 g/mol. The molecule has 2 N–H and O–H groups in total. The van der Waals surface area contributed by atoms with Crippen LogP contribution in [0.1, 0.15) is 32.5 Å². The van der Waals surface area contributed by atoms with E-state index < -0.39 is 0 Å². The van der Waals surface area contributed by atoms with Crippen LogP contribution in [0.2, 0.25) is 0 Å². The summed E-state index contributed by atoms with van der Waals surface area (Å²) in [5, 5.41) is 3.99. The highest BCUT2D eigenvalue weighted by Gasteiger charge is 2.10. The van der Waals surface area contributed by atoms with Gasteiger partial charge in [0.25, 0.3) is 0 Å². The average Bonchev–Trinajstić information content (AvgIpc) is 2.86. The van der Waals surface area contributed by atoms with Gasteiger partial charge in [0.2, 0.25) is 5.89 Å². The third kappa shape index (κ3) is 4.67. The number of ether oxygens (including phenoxy) is 1. The fourth-order valence-corrected chi connectivity index (χ4v) is 2.66. The van der Waals surface area contributed by atoms with E-state index in [4.69, 9.17) is 15.0 Å². The van der Waals surface area contributed by atoms with Crippen LogP contribution in [0, 0.1) is 5.92 Å². The molecule has 2 aromatic rings. The van der Waals surface area contributed by atoms with E-state index in [0.29, 0.717) is 30.0 Å². The number of nitrogens with two attached hydrogens (primary N) is 1. The van der Waals surface area contributed by atoms with Crippen LogP contribution in [0.15, 0.2) is 27.6 Å². The molecule has 0 saturated heterocycles. The highest BCUT2D eigenvalue weighted by molar-refractivity contribution is 7.98. The van der Waals surface area contributed by atoms with Crippen molar-refractivity contribution in [2.45, 2.75) is 37.8 Å². The Labute approximate surface area is 129 Å². The number of benzene rings is 1. The normalized spacial score (nSPS) is 11.0. The molecule has 0 aliphatic heterocycles. The van der Waals surface area contributed by atoms with Crippen molar-refractivity contribution in [3.63, 3.8) is 0 Å². The summed E-state index contributed by atoms with van der Waals surface area (Å²) in [4.78, 5) is 5.35. The minimum absolute atomic E-state index is 0.504. The lowest BCUT2D eigenvalue weighted by Crippen LogP contribution is -1.95. The maximum absolute atomic E-state index is 5.98. The maximum Gasteiger partial charge on any atom is 0.226 e. The van der Waals surface area contributed by atoms with Crippen LogP contribution in [0.4, 0.5) is 5.69 Å². The second-order valence-electron chi connectivity index (χ2n) is 5.12. The number of nitrogens with zero attached hydrogens (tertiary/aromatic N) is 2. The molecule has 0 amide bonds. The SMILES string of the molecule is CCOc1ccc(N)c(SCc2noc(CC(C)C)n2)c1. The lowest BCUT2D eigenvalue weighted by Gasteiger charge is -2.07. The molecule has 1 heterocycles. The number of aromatic nitrogens is 2. The van der Waals surface area contributed by atoms with Gasteiger partial charge in [-0.05, 0) is 31.0 Å². The molecule has 0 spiro atoms. The summed E-state index contributed by atoms with van der Waals surface area (Å²) in [5.41, 5.74) is 6.71. The molecule has 1 aromatic carbocycles. The second kappa shape index (κ2) is 7.36. The first-order valence-electron chi connectivity index (χ1n) is 7.05. The Balaban J connectivity index is 1.99. The molecule has 0 aliphatic rings. The van der Waals surface area contributed by atoms with Crippen molar-refractivity contribution in [3.8, 4) is 5.75 Å². The van der Waals surface area contributed by atoms with Crippen LogP contribution in [0.5, 0.6) is 5.75 Å². The maximum atomic E-state index is 5.98. The first-order chi connectivity index (χ1) is 10.1. The highest BCUT2D eigenvalue weighted by Crippen LogP contribution is 2.31. The summed E-state index contributed by atoms with van der Waals surface area (Å²) in [6, 6.07) is 5.67. The topological polar surface area (TPSA) is 74.2 Å². The Morgan fingerprint density at radius 3 is 2.90 bits per heavy atom. The number of hydrogen-bond donors (Lipinski definition) is 1. The molecule has 21 heavy (non-hydrogen) atoms. The van der Waals surface area contributed by atoms with Crippen LogP contribution in [-0.4, -0.2) is 16.7 Å². The summed E-state index contributed by atoms with van der Waals surface area (Å²) in [7, 11) is 0. The van der Waals surface area contributed by atoms with Crippen molar-refractivity contribution >= 4 is 17.4 Å². The molecule has 6 heteroatoms. The van der Waals surface area contributed by atoms with Gasteiger partial charge in [-0.15, -0.1) is 11.8 Å². The molecule has 0 aliphatic carbocycles. The van der Waals surface area contributed by atoms with E-state index >= 15 is 0 Å². The van der Waals surface area contributed by atoms with E-state index in [1.807, 2.05) is 25.1 Å². The van der Waals surface area contributed by atoms with E-state index in [2.05, 4.69) is 24.0 Å². The molecule has 5 nitrogen and oxygen atoms in total. The van der Waals surface area contributed by atoms with E-state index in [-0.39, 0.29) is 0 Å². The van der Waals surface area contributed by atoms with Gasteiger partial charge in [0.15, 0.2) is 5.82 Å². The molecule has 0 radical (unpaired) electrons. The molecule has 0 fully saturated rings. The van der Waals surface area contributed by atoms with E-state index in [1.165, 1.54) is 0 Å². The van der Waals surface area contributed by atoms with Crippen molar-refractivity contribution in [3.05, 3.63) is 29.9 Å². The molecule has 114 valence electrons. The van der Waals surface area contributed by atoms with Crippen molar-refractivity contribution in [2.75, 3.05) is 12.3 Å². The zero-order valence-electron chi connectivity index (χ0n) is 12.6. The van der Waals surface area contributed by atoms with Crippen molar-refractivity contribution < 1.29 is 9.26 Å². The van der Waals surface area contributed by atoms with Gasteiger partial charge in [0, 0.05) is 17.0 Å². The van der Waals surface area contributed by atoms with Gasteiger partial charge in [-0.1, -0.05) is 19.0 Å². The van der Waals surface area contributed by atoms with Gasteiger partial charge in [0.1, 0.15) is 5.75 Å². The third-order valence-electron chi connectivity index (χ3n) is 2.75. The van der Waals surface area contributed by atoms with E-state index in [1.54, 1.807) is 11.8 Å². The number of anilines is 1. The highest BCUT2D eigenvalue weighted by atomic mass is 32.2. The zero-order chi connectivity index (χ0) is 15.2. The summed E-state index contributed by atoms with van der Waals surface area (Å²) < 4.78 is 10.7. The third-order valence-corrected chi connectivity index (χ3v) is 3.81. The summed E-state index contributed by atoms with van der Waals surface area (Å²) in [6.07, 6.45) is 0.805. The number of rotatable bonds is 7. The average molecular weight is 307 g/mol. The summed E-state index contributed by atoms with van der Waals surface area (Å²) >= 11 is 1.58. The fraction of sp³-hybridized carbons (Fsp3) is 0.467. The number of thioether (sulfide) groups is 1. The molecule has 0 unspecified atom stereocenters. The van der Waals surface area contributed by atoms with Gasteiger partial charge in [0.05, 0.1) is 12.4 Å². The predicted octanol–water partition coefficient (Wildman–Crippen LogP) is 3.54. The van der Waals surface area contributed by atoms with Crippen molar-refractivity contribution in [1.82, 2.24) is 10.1 Å². The van der Waals surface area contributed by atoms with Crippen LogP contribution in [-0.2, 0) is 12.2 Å². The Hall–Kier alpha value is -1.69. The number of nitrogen functional groups attached to an aromatic ring is 1. The fourth-order valence-electron chi connectivity index (χ4n) is 1.82. The minimum Gasteiger partial charge on any atom is -0.494 e. The predicted molar refractivity (Wildman–Crippen MR) is 84.4 cm³/mol. The van der Waals surface area contributed by atoms with Gasteiger partial charge >= 0.3 is 0 Å². The Morgan fingerprint density at radius 1 is 1.38 bits per heavy atom. The van der Waals surface area contributed by atoms with Gasteiger partial charge in [-0.3, -0.25) is 0 Å². The molecule has 2 rings (SSSR count). The van der Waals surface area contributed by atoms with Crippen LogP contribution < -0.4 is 10.5 Å². The first-order valence-corrected chi connectivity index (χ1v) is 8.03. The van der Waals surface area contributed by atoms with Gasteiger partial charge < -0.3 is 15.0 Å². The standard InChI is InChI=1S/C15H21N3O2S/c1-4-19-11-5-6-12(16)13(8-11)21-9-14-17-15(20-18-14)7-10(2)3/h5-6,8,10H,4,7,9,16H2,1-3H3. The molecule has 0 atom stereocenters. The quantitative estimate of drug-likeness (QED) is 0.623. The van der Waals surface area contributed by atoms with E-state index in [9.17, 15) is 0 Å². The summed E-state index contributed by atoms with van der Waals surface area (Å²) in [6.45, 7) is 6.84. The van der Waals surface area contributed by atoms with Crippen molar-refractivity contribution in [1.29, 1.82) is 0 Å². The molecule has 0 bridgehead atoms. The second-order valence-corrected chi connectivity index (χ2v) is 6.14. The molecule has 1 aromatic heterocycles. The zero-order valence-corrected chi connectivity index (χ0v) is 13.4. The Bertz CT molecular complexity index is 584. The van der Waals surface area contributed by atoms with Gasteiger partial charge in [-0.25, -0.2) is 0 Å². The first kappa shape index (κ1) is 15.7. The molecule has 0 saturated carbocycles. The van der Waals surface area contributed by atoms with Crippen LogP contribution >= 0.6 is 11.8 Å². The van der Waals surface area contributed by atoms with Crippen LogP contribution in [0.3, 0.4) is 0 Å².